The van der Waals surface area contributed by atoms with Gasteiger partial charge in [-0.1, -0.05) is 40.2 Å². The number of methoxy groups -OCH3 is 2. The van der Waals surface area contributed by atoms with Crippen molar-refractivity contribution in [2.75, 3.05) is 19.5 Å². The minimum Gasteiger partial charge on any atom is -0.497 e. The Kier molecular flexibility index (Phi) is 6.73. The minimum absolute atomic E-state index is 0.0508. The second-order valence-corrected chi connectivity index (χ2v) is 10.3. The zero-order valence-electron chi connectivity index (χ0n) is 18.1. The van der Waals surface area contributed by atoms with Crippen LogP contribution in [-0.4, -0.2) is 38.9 Å². The van der Waals surface area contributed by atoms with Crippen LogP contribution in [0.25, 0.3) is 0 Å². The quantitative estimate of drug-likeness (QED) is 0.515. The van der Waals surface area contributed by atoms with E-state index < -0.39 is 22.0 Å². The molecule has 1 amide bonds. The second kappa shape index (κ2) is 9.54. The van der Waals surface area contributed by atoms with Crippen LogP contribution in [0.15, 0.2) is 76.1 Å². The standard InChI is InChI=1S/C24H23BrN2O5S/c1-31-20-11-12-22(32-2)23(14-20)33(29,30)27-15-17-6-4-3-5-16(17)13-21(27)24(28)26-19-9-7-18(25)8-10-19/h3-12,14,21H,13,15H2,1-2H3,(H,26,28). The van der Waals surface area contributed by atoms with Gasteiger partial charge in [-0.25, -0.2) is 8.42 Å². The van der Waals surface area contributed by atoms with Gasteiger partial charge in [0.1, 0.15) is 22.4 Å². The van der Waals surface area contributed by atoms with E-state index >= 15 is 0 Å². The molecule has 1 aliphatic heterocycles. The fourth-order valence-electron chi connectivity index (χ4n) is 3.85. The Morgan fingerprint density at radius 1 is 1.00 bits per heavy atom. The maximum atomic E-state index is 13.9. The van der Waals surface area contributed by atoms with Crippen LogP contribution < -0.4 is 14.8 Å². The molecule has 0 spiro atoms. The summed E-state index contributed by atoms with van der Waals surface area (Å²) in [5, 5.41) is 2.85. The van der Waals surface area contributed by atoms with Gasteiger partial charge >= 0.3 is 0 Å². The highest BCUT2D eigenvalue weighted by atomic mass is 79.9. The number of sulfonamides is 1. The van der Waals surface area contributed by atoms with Gasteiger partial charge in [-0.15, -0.1) is 0 Å². The number of hydrogen-bond donors (Lipinski definition) is 1. The second-order valence-electron chi connectivity index (χ2n) is 7.55. The number of rotatable bonds is 6. The minimum atomic E-state index is -4.11. The Morgan fingerprint density at radius 3 is 2.36 bits per heavy atom. The number of hydrogen-bond acceptors (Lipinski definition) is 5. The molecule has 9 heteroatoms. The third-order valence-corrected chi connectivity index (χ3v) is 7.98. The Bertz CT molecular complexity index is 1280. The number of carbonyl (C=O) groups is 1. The van der Waals surface area contributed by atoms with Gasteiger partial charge in [-0.2, -0.15) is 4.31 Å². The molecule has 0 saturated heterocycles. The first-order valence-corrected chi connectivity index (χ1v) is 12.4. The molecule has 1 heterocycles. The molecular weight excluding hydrogens is 508 g/mol. The molecule has 7 nitrogen and oxygen atoms in total. The van der Waals surface area contributed by atoms with Crippen LogP contribution in [0.3, 0.4) is 0 Å². The van der Waals surface area contributed by atoms with Crippen molar-refractivity contribution >= 4 is 37.5 Å². The van der Waals surface area contributed by atoms with Crippen LogP contribution in [0, 0.1) is 0 Å². The molecule has 1 unspecified atom stereocenters. The van der Waals surface area contributed by atoms with E-state index in [1.165, 1.54) is 24.6 Å². The first-order chi connectivity index (χ1) is 15.8. The van der Waals surface area contributed by atoms with Crippen molar-refractivity contribution in [1.82, 2.24) is 4.31 Å². The Labute approximate surface area is 201 Å². The van der Waals surface area contributed by atoms with E-state index in [-0.39, 0.29) is 23.6 Å². The van der Waals surface area contributed by atoms with Crippen molar-refractivity contribution in [2.24, 2.45) is 0 Å². The van der Waals surface area contributed by atoms with E-state index in [2.05, 4.69) is 21.2 Å². The van der Waals surface area contributed by atoms with Crippen molar-refractivity contribution in [3.8, 4) is 11.5 Å². The largest absolute Gasteiger partial charge is 0.497 e. The third kappa shape index (κ3) is 4.75. The highest BCUT2D eigenvalue weighted by Crippen LogP contribution is 2.35. The zero-order chi connectivity index (χ0) is 23.6. The van der Waals surface area contributed by atoms with E-state index in [0.29, 0.717) is 11.4 Å². The van der Waals surface area contributed by atoms with Gasteiger partial charge in [0.25, 0.3) is 0 Å². The van der Waals surface area contributed by atoms with Crippen LogP contribution in [0.4, 0.5) is 5.69 Å². The normalized spacial score (nSPS) is 16.0. The number of nitrogens with one attached hydrogen (secondary N) is 1. The van der Waals surface area contributed by atoms with Gasteiger partial charge in [-0.3, -0.25) is 4.79 Å². The number of carbonyl (C=O) groups excluding carboxylic acids is 1. The van der Waals surface area contributed by atoms with E-state index in [4.69, 9.17) is 9.47 Å². The summed E-state index contributed by atoms with van der Waals surface area (Å²) in [6, 6.07) is 18.3. The zero-order valence-corrected chi connectivity index (χ0v) is 20.5. The van der Waals surface area contributed by atoms with Crippen molar-refractivity contribution in [2.45, 2.75) is 23.9 Å². The summed E-state index contributed by atoms with van der Waals surface area (Å²) in [7, 11) is -1.24. The number of fused-ring (bicyclic) bond motifs is 1. The lowest BCUT2D eigenvalue weighted by Crippen LogP contribution is -2.50. The highest BCUT2D eigenvalue weighted by molar-refractivity contribution is 9.10. The topological polar surface area (TPSA) is 84.9 Å². The van der Waals surface area contributed by atoms with Crippen LogP contribution in [0.2, 0.25) is 0 Å². The van der Waals surface area contributed by atoms with E-state index in [0.717, 1.165) is 15.6 Å². The molecule has 0 aromatic heterocycles. The maximum Gasteiger partial charge on any atom is 0.247 e. The van der Waals surface area contributed by atoms with Gasteiger partial charge in [0.15, 0.2) is 0 Å². The summed E-state index contributed by atoms with van der Waals surface area (Å²) < 4.78 is 40.4. The summed E-state index contributed by atoms with van der Waals surface area (Å²) in [5.74, 6) is 0.154. The Balaban J connectivity index is 1.76. The molecule has 33 heavy (non-hydrogen) atoms. The van der Waals surface area contributed by atoms with Crippen LogP contribution in [0.1, 0.15) is 11.1 Å². The average Bonchev–Trinajstić information content (AvgIpc) is 2.84. The molecule has 0 bridgehead atoms. The third-order valence-electron chi connectivity index (χ3n) is 5.58. The van der Waals surface area contributed by atoms with E-state index in [1.807, 2.05) is 24.3 Å². The Hall–Kier alpha value is -2.88. The summed E-state index contributed by atoms with van der Waals surface area (Å²) in [4.78, 5) is 13.3. The van der Waals surface area contributed by atoms with Crippen molar-refractivity contribution in [1.29, 1.82) is 0 Å². The number of amides is 1. The summed E-state index contributed by atoms with van der Waals surface area (Å²) >= 11 is 3.37. The molecule has 3 aromatic carbocycles. The van der Waals surface area contributed by atoms with Crippen LogP contribution >= 0.6 is 15.9 Å². The van der Waals surface area contributed by atoms with Crippen molar-refractivity contribution < 1.29 is 22.7 Å². The van der Waals surface area contributed by atoms with Crippen molar-refractivity contribution in [3.05, 3.63) is 82.3 Å². The maximum absolute atomic E-state index is 13.9. The number of benzene rings is 3. The lowest BCUT2D eigenvalue weighted by Gasteiger charge is -2.35. The first-order valence-electron chi connectivity index (χ1n) is 10.2. The fraction of sp³-hybridized carbons (Fsp3) is 0.208. The average molecular weight is 531 g/mol. The molecule has 0 fully saturated rings. The fourth-order valence-corrected chi connectivity index (χ4v) is 5.85. The molecular formula is C24H23BrN2O5S. The summed E-state index contributed by atoms with van der Waals surface area (Å²) in [6.45, 7) is 0.0668. The number of ether oxygens (including phenoxy) is 2. The highest BCUT2D eigenvalue weighted by Gasteiger charge is 2.41. The van der Waals surface area contributed by atoms with Crippen LogP contribution in [-0.2, 0) is 27.8 Å². The van der Waals surface area contributed by atoms with E-state index in [1.54, 1.807) is 36.4 Å². The number of anilines is 1. The summed E-state index contributed by atoms with van der Waals surface area (Å²) in [5.41, 5.74) is 2.38. The molecule has 172 valence electrons. The Morgan fingerprint density at radius 2 is 1.70 bits per heavy atom. The molecule has 1 N–H and O–H groups in total. The van der Waals surface area contributed by atoms with E-state index in [9.17, 15) is 13.2 Å². The molecule has 0 radical (unpaired) electrons. The SMILES string of the molecule is COc1ccc(OC)c(S(=O)(=O)N2Cc3ccccc3CC2C(=O)Nc2ccc(Br)cc2)c1. The van der Waals surface area contributed by atoms with Gasteiger partial charge in [-0.05, 0) is 53.9 Å². The first kappa shape index (κ1) is 23.3. The lowest BCUT2D eigenvalue weighted by atomic mass is 9.95. The molecule has 4 rings (SSSR count). The van der Waals surface area contributed by atoms with Gasteiger partial charge in [0.05, 0.1) is 14.2 Å². The van der Waals surface area contributed by atoms with Gasteiger partial charge in [0, 0.05) is 22.8 Å². The van der Waals surface area contributed by atoms with Crippen molar-refractivity contribution in [3.63, 3.8) is 0 Å². The lowest BCUT2D eigenvalue weighted by molar-refractivity contribution is -0.120. The summed E-state index contributed by atoms with van der Waals surface area (Å²) in [6.07, 6.45) is 0.254. The molecule has 1 atom stereocenters. The smallest absolute Gasteiger partial charge is 0.247 e. The molecule has 0 saturated carbocycles. The predicted molar refractivity (Wildman–Crippen MR) is 129 cm³/mol. The molecule has 3 aromatic rings. The number of nitrogens with zero attached hydrogens (tertiary/aromatic N) is 1. The molecule has 1 aliphatic rings. The number of halogens is 1. The van der Waals surface area contributed by atoms with Crippen LogP contribution in [0.5, 0.6) is 11.5 Å². The predicted octanol–water partition coefficient (Wildman–Crippen LogP) is 4.22. The van der Waals surface area contributed by atoms with Gasteiger partial charge < -0.3 is 14.8 Å². The monoisotopic (exact) mass is 530 g/mol. The van der Waals surface area contributed by atoms with Gasteiger partial charge in [0.2, 0.25) is 15.9 Å². The molecule has 0 aliphatic carbocycles.